The number of amides is 2. The summed E-state index contributed by atoms with van der Waals surface area (Å²) < 4.78 is 26.5. The van der Waals surface area contributed by atoms with Crippen LogP contribution < -0.4 is 9.62 Å². The fraction of sp³-hybridized carbons (Fsp3) is 0.481. The van der Waals surface area contributed by atoms with E-state index >= 15 is 0 Å². The zero-order valence-electron chi connectivity index (χ0n) is 21.5. The van der Waals surface area contributed by atoms with Gasteiger partial charge in [-0.3, -0.25) is 13.9 Å². The summed E-state index contributed by atoms with van der Waals surface area (Å²) in [7, 11) is -3.82. The Hall–Kier alpha value is -2.29. The van der Waals surface area contributed by atoms with E-state index in [1.165, 1.54) is 11.0 Å². The van der Waals surface area contributed by atoms with E-state index in [2.05, 4.69) is 5.32 Å². The van der Waals surface area contributed by atoms with Gasteiger partial charge in [-0.25, -0.2) is 8.42 Å². The summed E-state index contributed by atoms with van der Waals surface area (Å²) in [5.41, 5.74) is 1.86. The molecule has 0 aromatic heterocycles. The van der Waals surface area contributed by atoms with Crippen LogP contribution >= 0.6 is 23.2 Å². The third kappa shape index (κ3) is 8.09. The Morgan fingerprint density at radius 3 is 2.27 bits per heavy atom. The summed E-state index contributed by atoms with van der Waals surface area (Å²) in [5.74, 6) is -0.705. The third-order valence-corrected chi connectivity index (χ3v) is 8.53. The second kappa shape index (κ2) is 13.0. The molecule has 1 unspecified atom stereocenters. The van der Waals surface area contributed by atoms with Crippen LogP contribution in [0.5, 0.6) is 0 Å². The van der Waals surface area contributed by atoms with Crippen LogP contribution in [0.1, 0.15) is 56.6 Å². The van der Waals surface area contributed by atoms with Crippen LogP contribution in [0.2, 0.25) is 10.0 Å². The Morgan fingerprint density at radius 1 is 1.05 bits per heavy atom. The number of rotatable bonds is 10. The topological polar surface area (TPSA) is 86.8 Å². The molecule has 0 bridgehead atoms. The average Bonchev–Trinajstić information content (AvgIpc) is 2.85. The Labute approximate surface area is 230 Å². The summed E-state index contributed by atoms with van der Waals surface area (Å²) >= 11 is 12.3. The molecule has 7 nitrogen and oxygen atoms in total. The Bertz CT molecular complexity index is 1200. The molecule has 37 heavy (non-hydrogen) atoms. The van der Waals surface area contributed by atoms with Crippen LogP contribution in [0.3, 0.4) is 0 Å². The molecule has 2 aromatic rings. The van der Waals surface area contributed by atoms with Gasteiger partial charge in [0.05, 0.1) is 11.9 Å². The minimum atomic E-state index is -3.82. The van der Waals surface area contributed by atoms with Gasteiger partial charge < -0.3 is 10.2 Å². The van der Waals surface area contributed by atoms with Gasteiger partial charge in [0.25, 0.3) is 0 Å². The van der Waals surface area contributed by atoms with Crippen LogP contribution in [0, 0.1) is 6.92 Å². The highest BCUT2D eigenvalue weighted by Crippen LogP contribution is 2.26. The zero-order valence-corrected chi connectivity index (χ0v) is 23.9. The molecular formula is C27H35Cl2N3O4S. The molecule has 0 radical (unpaired) electrons. The van der Waals surface area contributed by atoms with E-state index in [1.807, 2.05) is 13.8 Å². The fourth-order valence-corrected chi connectivity index (χ4v) is 5.74. The number of anilines is 1. The Morgan fingerprint density at radius 2 is 1.70 bits per heavy atom. The zero-order chi connectivity index (χ0) is 27.2. The van der Waals surface area contributed by atoms with E-state index < -0.39 is 28.5 Å². The highest BCUT2D eigenvalue weighted by molar-refractivity contribution is 7.92. The summed E-state index contributed by atoms with van der Waals surface area (Å²) in [6, 6.07) is 11.2. The molecule has 0 heterocycles. The van der Waals surface area contributed by atoms with Crippen LogP contribution in [0.15, 0.2) is 42.5 Å². The lowest BCUT2D eigenvalue weighted by Gasteiger charge is -2.34. The molecule has 1 N–H and O–H groups in total. The van der Waals surface area contributed by atoms with Gasteiger partial charge in [0.1, 0.15) is 12.6 Å². The van der Waals surface area contributed by atoms with Crippen LogP contribution in [-0.2, 0) is 26.2 Å². The average molecular weight is 569 g/mol. The van der Waals surface area contributed by atoms with Crippen molar-refractivity contribution >= 4 is 50.7 Å². The maximum absolute atomic E-state index is 13.8. The van der Waals surface area contributed by atoms with Crippen LogP contribution in [0.25, 0.3) is 0 Å². The molecule has 1 atom stereocenters. The van der Waals surface area contributed by atoms with E-state index in [1.54, 1.807) is 36.4 Å². The lowest BCUT2D eigenvalue weighted by molar-refractivity contribution is -0.140. The molecule has 1 aliphatic carbocycles. The predicted octanol–water partition coefficient (Wildman–Crippen LogP) is 5.32. The van der Waals surface area contributed by atoms with E-state index in [4.69, 9.17) is 23.2 Å². The fourth-order valence-electron chi connectivity index (χ4n) is 4.60. The number of aryl methyl sites for hydroxylation is 1. The van der Waals surface area contributed by atoms with E-state index in [0.717, 1.165) is 53.8 Å². The molecule has 10 heteroatoms. The first kappa shape index (κ1) is 29.3. The number of benzene rings is 2. The summed E-state index contributed by atoms with van der Waals surface area (Å²) in [4.78, 5) is 28.6. The quantitative estimate of drug-likeness (QED) is 0.420. The number of halogens is 2. The van der Waals surface area contributed by atoms with Crippen LogP contribution in [-0.4, -0.2) is 50.0 Å². The highest BCUT2D eigenvalue weighted by atomic mass is 35.5. The smallest absolute Gasteiger partial charge is 0.244 e. The van der Waals surface area contributed by atoms with Crippen molar-refractivity contribution in [2.75, 3.05) is 17.1 Å². The standard InChI is InChI=1S/C27H35Cl2N3O4S/c1-4-25(27(34)30-22-8-6-5-7-9-22)31(17-20-11-13-21(28)14-12-20)26(33)18-32(37(3,35)36)23-15-10-19(2)24(29)16-23/h10-16,22,25H,4-9,17-18H2,1-3H3,(H,30,34). The van der Waals surface area contributed by atoms with Gasteiger partial charge >= 0.3 is 0 Å². The minimum Gasteiger partial charge on any atom is -0.352 e. The molecule has 2 amide bonds. The summed E-state index contributed by atoms with van der Waals surface area (Å²) in [5, 5.41) is 4.08. The highest BCUT2D eigenvalue weighted by Gasteiger charge is 2.33. The van der Waals surface area contributed by atoms with Crippen molar-refractivity contribution in [3.63, 3.8) is 0 Å². The van der Waals surface area contributed by atoms with Crippen molar-refractivity contribution in [2.24, 2.45) is 0 Å². The molecule has 3 rings (SSSR count). The van der Waals surface area contributed by atoms with E-state index in [0.29, 0.717) is 16.5 Å². The van der Waals surface area contributed by atoms with Gasteiger partial charge in [0.2, 0.25) is 21.8 Å². The number of hydrogen-bond donors (Lipinski definition) is 1. The van der Waals surface area contributed by atoms with E-state index in [-0.39, 0.29) is 24.2 Å². The molecule has 0 aliphatic heterocycles. The van der Waals surface area contributed by atoms with Gasteiger partial charge in [-0.2, -0.15) is 0 Å². The van der Waals surface area contributed by atoms with E-state index in [9.17, 15) is 18.0 Å². The third-order valence-electron chi connectivity index (χ3n) is 6.73. The lowest BCUT2D eigenvalue weighted by Crippen LogP contribution is -2.53. The second-order valence-corrected chi connectivity index (χ2v) is 12.4. The number of nitrogens with zero attached hydrogens (tertiary/aromatic N) is 2. The SMILES string of the molecule is CCC(C(=O)NC1CCCCC1)N(Cc1ccc(Cl)cc1)C(=O)CN(c1ccc(C)c(Cl)c1)S(C)(=O)=O. The molecule has 1 saturated carbocycles. The summed E-state index contributed by atoms with van der Waals surface area (Å²) in [6.07, 6.45) is 6.56. The Kier molecular flexibility index (Phi) is 10.3. The Balaban J connectivity index is 1.92. The molecule has 0 spiro atoms. The normalized spacial score (nSPS) is 15.2. The van der Waals surface area contributed by atoms with Crippen LogP contribution in [0.4, 0.5) is 5.69 Å². The second-order valence-electron chi connectivity index (χ2n) is 9.62. The van der Waals surface area contributed by atoms with Gasteiger partial charge in [0.15, 0.2) is 0 Å². The predicted molar refractivity (Wildman–Crippen MR) is 149 cm³/mol. The van der Waals surface area contributed by atoms with Gasteiger partial charge in [-0.15, -0.1) is 0 Å². The number of sulfonamides is 1. The van der Waals surface area contributed by atoms with Crippen molar-refractivity contribution in [1.82, 2.24) is 10.2 Å². The summed E-state index contributed by atoms with van der Waals surface area (Å²) in [6.45, 7) is 3.34. The first-order valence-corrected chi connectivity index (χ1v) is 15.2. The molecule has 202 valence electrons. The maximum Gasteiger partial charge on any atom is 0.244 e. The van der Waals surface area contributed by atoms with Crippen molar-refractivity contribution in [3.05, 3.63) is 63.6 Å². The molecule has 1 fully saturated rings. The molecule has 0 saturated heterocycles. The number of carbonyl (C=O) groups is 2. The van der Waals surface area contributed by atoms with Crippen molar-refractivity contribution in [1.29, 1.82) is 0 Å². The van der Waals surface area contributed by atoms with Gasteiger partial charge in [-0.05, 0) is 61.6 Å². The largest absolute Gasteiger partial charge is 0.352 e. The lowest BCUT2D eigenvalue weighted by atomic mass is 9.95. The maximum atomic E-state index is 13.8. The number of carbonyl (C=O) groups excluding carboxylic acids is 2. The van der Waals surface area contributed by atoms with Gasteiger partial charge in [0, 0.05) is 22.6 Å². The van der Waals surface area contributed by atoms with Gasteiger partial charge in [-0.1, -0.05) is 67.6 Å². The molecular weight excluding hydrogens is 533 g/mol. The number of nitrogens with one attached hydrogen (secondary N) is 1. The minimum absolute atomic E-state index is 0.0880. The monoisotopic (exact) mass is 567 g/mol. The first-order chi connectivity index (χ1) is 17.5. The van der Waals surface area contributed by atoms with Crippen molar-refractivity contribution in [2.45, 2.75) is 71.0 Å². The van der Waals surface area contributed by atoms with Crippen molar-refractivity contribution in [3.8, 4) is 0 Å². The first-order valence-electron chi connectivity index (χ1n) is 12.6. The molecule has 1 aliphatic rings. The number of hydrogen-bond acceptors (Lipinski definition) is 4. The molecule has 2 aromatic carbocycles. The van der Waals surface area contributed by atoms with Crippen molar-refractivity contribution < 1.29 is 18.0 Å².